The van der Waals surface area contributed by atoms with Gasteiger partial charge in [-0.1, -0.05) is 54.2 Å². The number of hydrogen-bond acceptors (Lipinski definition) is 4. The van der Waals surface area contributed by atoms with E-state index in [1.54, 1.807) is 11.8 Å². The van der Waals surface area contributed by atoms with Crippen LogP contribution in [0.4, 0.5) is 5.69 Å². The first kappa shape index (κ1) is 20.6. The molecule has 0 saturated carbocycles. The summed E-state index contributed by atoms with van der Waals surface area (Å²) < 4.78 is 2.20. The second-order valence-corrected chi connectivity index (χ2v) is 8.79. The molecule has 152 valence electrons. The summed E-state index contributed by atoms with van der Waals surface area (Å²) >= 11 is 3.13. The molecule has 0 aliphatic rings. The molecule has 1 amide bonds. The number of imidazole rings is 1. The lowest BCUT2D eigenvalue weighted by Crippen LogP contribution is -2.14. The van der Waals surface area contributed by atoms with E-state index in [9.17, 15) is 4.79 Å². The van der Waals surface area contributed by atoms with Crippen LogP contribution < -0.4 is 5.32 Å². The summed E-state index contributed by atoms with van der Waals surface area (Å²) in [5.74, 6) is 0.272. The molecule has 0 aliphatic heterocycles. The lowest BCUT2D eigenvalue weighted by Gasteiger charge is -2.11. The highest BCUT2D eigenvalue weighted by Crippen LogP contribution is 2.26. The molecule has 1 heterocycles. The van der Waals surface area contributed by atoms with Gasteiger partial charge in [-0.25, -0.2) is 4.98 Å². The fraction of sp³-hybridized carbons (Fsp3) is 0.167. The number of aryl methyl sites for hydroxylation is 1. The second-order valence-electron chi connectivity index (χ2n) is 6.96. The molecule has 0 saturated heterocycles. The molecule has 0 unspecified atom stereocenters. The van der Waals surface area contributed by atoms with Crippen molar-refractivity contribution < 1.29 is 4.79 Å². The van der Waals surface area contributed by atoms with Crippen LogP contribution in [0, 0.1) is 6.92 Å². The Morgan fingerprint density at radius 2 is 1.83 bits per heavy atom. The maximum absolute atomic E-state index is 12.5. The Labute approximate surface area is 185 Å². The fourth-order valence-electron chi connectivity index (χ4n) is 3.30. The van der Waals surface area contributed by atoms with Crippen LogP contribution in [0.1, 0.15) is 11.1 Å². The van der Waals surface area contributed by atoms with Gasteiger partial charge in [0.15, 0.2) is 5.16 Å². The normalized spacial score (nSPS) is 11.0. The molecular formula is C24H23N3OS2. The maximum atomic E-state index is 12.5. The van der Waals surface area contributed by atoms with E-state index >= 15 is 0 Å². The molecule has 4 rings (SSSR count). The summed E-state index contributed by atoms with van der Waals surface area (Å²) in [6, 6.07) is 24.4. The van der Waals surface area contributed by atoms with Gasteiger partial charge in [0.25, 0.3) is 0 Å². The Hall–Kier alpha value is -2.70. The molecule has 6 heteroatoms. The van der Waals surface area contributed by atoms with E-state index in [-0.39, 0.29) is 5.91 Å². The third kappa shape index (κ3) is 4.71. The minimum atomic E-state index is -0.0345. The topological polar surface area (TPSA) is 46.9 Å². The number of fused-ring (bicyclic) bond motifs is 1. The molecular weight excluding hydrogens is 410 g/mol. The van der Waals surface area contributed by atoms with E-state index in [1.165, 1.54) is 22.9 Å². The quantitative estimate of drug-likeness (QED) is 0.372. The lowest BCUT2D eigenvalue weighted by atomic mass is 10.1. The molecule has 0 spiro atoms. The van der Waals surface area contributed by atoms with Crippen LogP contribution >= 0.6 is 23.5 Å². The van der Waals surface area contributed by atoms with Gasteiger partial charge in [0.1, 0.15) is 0 Å². The number of rotatable bonds is 7. The van der Waals surface area contributed by atoms with Crippen molar-refractivity contribution in [3.63, 3.8) is 0 Å². The Balaban J connectivity index is 1.53. The molecule has 1 aromatic heterocycles. The number of thioether (sulfide) groups is 2. The smallest absolute Gasteiger partial charge is 0.234 e. The number of para-hydroxylation sites is 2. The zero-order valence-electron chi connectivity index (χ0n) is 17.0. The van der Waals surface area contributed by atoms with Crippen molar-refractivity contribution in [2.45, 2.75) is 23.5 Å². The highest BCUT2D eigenvalue weighted by Gasteiger charge is 2.14. The van der Waals surface area contributed by atoms with Crippen molar-refractivity contribution in [1.82, 2.24) is 9.55 Å². The molecule has 0 bridgehead atoms. The van der Waals surface area contributed by atoms with Crippen molar-refractivity contribution in [3.8, 4) is 0 Å². The number of benzene rings is 3. The van der Waals surface area contributed by atoms with Crippen molar-refractivity contribution in [2.75, 3.05) is 17.3 Å². The van der Waals surface area contributed by atoms with Crippen molar-refractivity contribution >= 4 is 46.2 Å². The van der Waals surface area contributed by atoms with E-state index in [0.29, 0.717) is 5.75 Å². The van der Waals surface area contributed by atoms with Gasteiger partial charge in [-0.15, -0.1) is 11.8 Å². The van der Waals surface area contributed by atoms with Crippen LogP contribution in [0.25, 0.3) is 11.0 Å². The lowest BCUT2D eigenvalue weighted by molar-refractivity contribution is -0.113. The molecule has 4 nitrogen and oxygen atoms in total. The van der Waals surface area contributed by atoms with Gasteiger partial charge in [0.2, 0.25) is 5.91 Å². The number of carbonyl (C=O) groups is 1. The average Bonchev–Trinajstić information content (AvgIpc) is 3.11. The van der Waals surface area contributed by atoms with Gasteiger partial charge in [0, 0.05) is 10.6 Å². The first-order valence-electron chi connectivity index (χ1n) is 9.70. The van der Waals surface area contributed by atoms with Gasteiger partial charge in [-0.2, -0.15) is 0 Å². The number of anilines is 1. The van der Waals surface area contributed by atoms with Gasteiger partial charge in [-0.05, 0) is 54.6 Å². The van der Waals surface area contributed by atoms with Gasteiger partial charge in [-0.3, -0.25) is 4.79 Å². The van der Waals surface area contributed by atoms with Gasteiger partial charge in [0.05, 0.1) is 23.3 Å². The summed E-state index contributed by atoms with van der Waals surface area (Å²) in [7, 11) is 0. The molecule has 0 radical (unpaired) electrons. The maximum Gasteiger partial charge on any atom is 0.234 e. The molecule has 0 aliphatic carbocycles. The highest BCUT2D eigenvalue weighted by molar-refractivity contribution is 7.99. The largest absolute Gasteiger partial charge is 0.325 e. The number of nitrogens with one attached hydrogen (secondary N) is 1. The Morgan fingerprint density at radius 3 is 2.67 bits per heavy atom. The first-order valence-corrected chi connectivity index (χ1v) is 11.9. The van der Waals surface area contributed by atoms with E-state index < -0.39 is 0 Å². The summed E-state index contributed by atoms with van der Waals surface area (Å²) in [6.07, 6.45) is 2.02. The zero-order chi connectivity index (χ0) is 20.9. The molecule has 4 aromatic rings. The Kier molecular flexibility index (Phi) is 6.45. The van der Waals surface area contributed by atoms with Crippen molar-refractivity contribution in [3.05, 3.63) is 83.9 Å². The minimum Gasteiger partial charge on any atom is -0.325 e. The highest BCUT2D eigenvalue weighted by atomic mass is 32.2. The van der Waals surface area contributed by atoms with E-state index in [0.717, 1.165) is 33.3 Å². The summed E-state index contributed by atoms with van der Waals surface area (Å²) in [4.78, 5) is 18.5. The monoisotopic (exact) mass is 433 g/mol. The van der Waals surface area contributed by atoms with Crippen LogP contribution in [0.5, 0.6) is 0 Å². The Bertz CT molecular complexity index is 1190. The molecule has 1 N–H and O–H groups in total. The summed E-state index contributed by atoms with van der Waals surface area (Å²) in [5, 5.41) is 3.84. The molecule has 30 heavy (non-hydrogen) atoms. The predicted octanol–water partition coefficient (Wildman–Crippen LogP) is 5.85. The van der Waals surface area contributed by atoms with Crippen molar-refractivity contribution in [2.24, 2.45) is 0 Å². The van der Waals surface area contributed by atoms with Gasteiger partial charge < -0.3 is 9.88 Å². The molecule has 0 fully saturated rings. The van der Waals surface area contributed by atoms with E-state index in [2.05, 4.69) is 47.1 Å². The average molecular weight is 434 g/mol. The van der Waals surface area contributed by atoms with Crippen LogP contribution in [0.3, 0.4) is 0 Å². The van der Waals surface area contributed by atoms with Crippen LogP contribution in [-0.4, -0.2) is 27.5 Å². The Morgan fingerprint density at radius 1 is 1.03 bits per heavy atom. The SMILES string of the molecule is CSc1cccc(NC(=O)CSc2nc3ccccc3n2Cc2ccccc2C)c1. The third-order valence-electron chi connectivity index (χ3n) is 4.90. The first-order chi connectivity index (χ1) is 14.6. The van der Waals surface area contributed by atoms with E-state index in [1.807, 2.05) is 48.7 Å². The summed E-state index contributed by atoms with van der Waals surface area (Å²) in [5.41, 5.74) is 5.34. The van der Waals surface area contributed by atoms with Gasteiger partial charge >= 0.3 is 0 Å². The van der Waals surface area contributed by atoms with Crippen LogP contribution in [0.2, 0.25) is 0 Å². The number of nitrogens with zero attached hydrogens (tertiary/aromatic N) is 2. The number of aromatic nitrogens is 2. The number of hydrogen-bond donors (Lipinski definition) is 1. The standard InChI is InChI=1S/C24H23N3OS2/c1-17-8-3-4-9-18(17)15-27-22-13-6-5-12-21(22)26-24(27)30-16-23(28)25-19-10-7-11-20(14-19)29-2/h3-14H,15-16H2,1-2H3,(H,25,28). The third-order valence-corrected chi connectivity index (χ3v) is 6.60. The van der Waals surface area contributed by atoms with Crippen LogP contribution in [-0.2, 0) is 11.3 Å². The number of carbonyl (C=O) groups excluding carboxylic acids is 1. The number of amides is 1. The fourth-order valence-corrected chi connectivity index (χ4v) is 4.58. The van der Waals surface area contributed by atoms with Crippen LogP contribution in [0.15, 0.2) is 82.8 Å². The zero-order valence-corrected chi connectivity index (χ0v) is 18.6. The molecule has 0 atom stereocenters. The van der Waals surface area contributed by atoms with E-state index in [4.69, 9.17) is 4.98 Å². The minimum absolute atomic E-state index is 0.0345. The molecule has 3 aromatic carbocycles. The predicted molar refractivity (Wildman–Crippen MR) is 128 cm³/mol. The van der Waals surface area contributed by atoms with Crippen molar-refractivity contribution in [1.29, 1.82) is 0 Å². The summed E-state index contributed by atoms with van der Waals surface area (Å²) in [6.45, 7) is 2.85. The second kappa shape index (κ2) is 9.41.